The summed E-state index contributed by atoms with van der Waals surface area (Å²) in [5.41, 5.74) is 3.98. The fraction of sp³-hybridized carbons (Fsp3) is 0.167. The number of hydrogen-bond acceptors (Lipinski definition) is 3. The lowest BCUT2D eigenvalue weighted by Gasteiger charge is -2.33. The van der Waals surface area contributed by atoms with Crippen LogP contribution >= 0.6 is 11.8 Å². The van der Waals surface area contributed by atoms with Crippen molar-refractivity contribution in [3.05, 3.63) is 95.3 Å². The number of para-hydroxylation sites is 1. The lowest BCUT2D eigenvalue weighted by Crippen LogP contribution is -2.49. The standard InChI is InChI=1S/C24H19FN2O2S/c1-16-6-4-9-19(12-16)27-22(28)15-30-24(27)20-10-2-3-11-21(20)26(23(24)29)14-17-7-5-8-18(25)13-17/h2-13H,14-15H2,1H3/t24-/m1/s1. The van der Waals surface area contributed by atoms with Gasteiger partial charge in [0, 0.05) is 11.3 Å². The van der Waals surface area contributed by atoms with E-state index in [9.17, 15) is 14.0 Å². The Hall–Kier alpha value is -3.12. The summed E-state index contributed by atoms with van der Waals surface area (Å²) in [6, 6.07) is 21.5. The van der Waals surface area contributed by atoms with Crippen LogP contribution in [0.4, 0.5) is 15.8 Å². The molecule has 3 aromatic carbocycles. The van der Waals surface area contributed by atoms with Crippen molar-refractivity contribution >= 4 is 35.0 Å². The molecule has 0 aliphatic carbocycles. The number of fused-ring (bicyclic) bond motifs is 2. The maximum Gasteiger partial charge on any atom is 0.269 e. The number of carbonyl (C=O) groups excluding carboxylic acids is 2. The van der Waals surface area contributed by atoms with Crippen molar-refractivity contribution in [1.29, 1.82) is 0 Å². The molecule has 0 bridgehead atoms. The van der Waals surface area contributed by atoms with E-state index >= 15 is 0 Å². The van der Waals surface area contributed by atoms with E-state index in [1.807, 2.05) is 55.5 Å². The SMILES string of the molecule is Cc1cccc(N2C(=O)CS[C@]23C(=O)N(Cc2cccc(F)c2)c2ccccc23)c1. The molecule has 150 valence electrons. The number of benzene rings is 3. The fourth-order valence-electron chi connectivity index (χ4n) is 4.30. The van der Waals surface area contributed by atoms with Crippen LogP contribution in [0.25, 0.3) is 0 Å². The summed E-state index contributed by atoms with van der Waals surface area (Å²) < 4.78 is 13.7. The molecule has 5 rings (SSSR count). The molecule has 30 heavy (non-hydrogen) atoms. The van der Waals surface area contributed by atoms with Crippen molar-refractivity contribution in [2.24, 2.45) is 0 Å². The largest absolute Gasteiger partial charge is 0.304 e. The van der Waals surface area contributed by atoms with E-state index in [1.165, 1.54) is 23.9 Å². The zero-order valence-electron chi connectivity index (χ0n) is 16.3. The first kappa shape index (κ1) is 18.9. The maximum atomic E-state index is 13.9. The number of rotatable bonds is 3. The molecule has 0 unspecified atom stereocenters. The third kappa shape index (κ3) is 2.75. The maximum absolute atomic E-state index is 13.9. The van der Waals surface area contributed by atoms with Gasteiger partial charge in [-0.25, -0.2) is 4.39 Å². The Balaban J connectivity index is 1.65. The number of aryl methyl sites for hydroxylation is 1. The van der Waals surface area contributed by atoms with Gasteiger partial charge in [-0.1, -0.05) is 42.5 Å². The number of amides is 2. The average molecular weight is 418 g/mol. The summed E-state index contributed by atoms with van der Waals surface area (Å²) in [6.07, 6.45) is 0. The van der Waals surface area contributed by atoms with Gasteiger partial charge in [0.25, 0.3) is 5.91 Å². The number of anilines is 2. The van der Waals surface area contributed by atoms with E-state index in [0.29, 0.717) is 11.3 Å². The lowest BCUT2D eigenvalue weighted by atomic mass is 10.0. The van der Waals surface area contributed by atoms with Crippen LogP contribution in [0, 0.1) is 12.7 Å². The number of thioether (sulfide) groups is 1. The average Bonchev–Trinajstić information content (AvgIpc) is 3.19. The molecule has 0 N–H and O–H groups in total. The summed E-state index contributed by atoms with van der Waals surface area (Å²) in [7, 11) is 0. The molecule has 2 heterocycles. The molecular formula is C24H19FN2O2S. The highest BCUT2D eigenvalue weighted by Gasteiger charge is 2.60. The third-order valence-electron chi connectivity index (χ3n) is 5.55. The second-order valence-corrected chi connectivity index (χ2v) is 8.71. The Labute approximate surface area is 178 Å². The van der Waals surface area contributed by atoms with E-state index in [4.69, 9.17) is 0 Å². The first-order valence-electron chi connectivity index (χ1n) is 9.70. The number of hydrogen-bond donors (Lipinski definition) is 0. The number of carbonyl (C=O) groups is 2. The van der Waals surface area contributed by atoms with E-state index < -0.39 is 4.87 Å². The Kier molecular flexibility index (Phi) is 4.40. The molecule has 0 aromatic heterocycles. The van der Waals surface area contributed by atoms with Gasteiger partial charge in [-0.15, -0.1) is 11.8 Å². The third-order valence-corrected chi connectivity index (χ3v) is 6.94. The minimum atomic E-state index is -1.14. The Morgan fingerprint density at radius 3 is 2.60 bits per heavy atom. The topological polar surface area (TPSA) is 40.6 Å². The molecule has 1 saturated heterocycles. The quantitative estimate of drug-likeness (QED) is 0.624. The molecule has 2 aliphatic heterocycles. The Morgan fingerprint density at radius 2 is 1.80 bits per heavy atom. The van der Waals surface area contributed by atoms with Gasteiger partial charge in [0.05, 0.1) is 18.0 Å². The zero-order chi connectivity index (χ0) is 20.9. The van der Waals surface area contributed by atoms with Gasteiger partial charge in [0.1, 0.15) is 5.82 Å². The van der Waals surface area contributed by atoms with Gasteiger partial charge in [0.2, 0.25) is 10.8 Å². The van der Waals surface area contributed by atoms with Gasteiger partial charge in [-0.2, -0.15) is 0 Å². The minimum Gasteiger partial charge on any atom is -0.304 e. The fourth-order valence-corrected chi connectivity index (χ4v) is 5.66. The van der Waals surface area contributed by atoms with E-state index in [2.05, 4.69) is 0 Å². The number of nitrogens with zero attached hydrogens (tertiary/aromatic N) is 2. The molecule has 4 nitrogen and oxygen atoms in total. The van der Waals surface area contributed by atoms with Crippen molar-refractivity contribution < 1.29 is 14.0 Å². The van der Waals surface area contributed by atoms with Crippen LogP contribution in [0.1, 0.15) is 16.7 Å². The minimum absolute atomic E-state index is 0.0960. The molecule has 2 aliphatic rings. The van der Waals surface area contributed by atoms with Gasteiger partial charge < -0.3 is 4.90 Å². The highest BCUT2D eigenvalue weighted by atomic mass is 32.2. The van der Waals surface area contributed by atoms with E-state index in [0.717, 1.165) is 16.8 Å². The first-order chi connectivity index (χ1) is 14.5. The van der Waals surface area contributed by atoms with Crippen LogP contribution in [-0.4, -0.2) is 17.6 Å². The lowest BCUT2D eigenvalue weighted by molar-refractivity contribution is -0.123. The van der Waals surface area contributed by atoms with Crippen LogP contribution in [0.15, 0.2) is 72.8 Å². The van der Waals surface area contributed by atoms with Crippen LogP contribution in [0.2, 0.25) is 0 Å². The van der Waals surface area contributed by atoms with Gasteiger partial charge in [-0.3, -0.25) is 14.5 Å². The first-order valence-corrected chi connectivity index (χ1v) is 10.7. The van der Waals surface area contributed by atoms with Crippen molar-refractivity contribution in [3.8, 4) is 0 Å². The predicted octanol–water partition coefficient (Wildman–Crippen LogP) is 4.61. The van der Waals surface area contributed by atoms with Crippen LogP contribution in [-0.2, 0) is 21.0 Å². The van der Waals surface area contributed by atoms with Crippen LogP contribution in [0.5, 0.6) is 0 Å². The summed E-state index contributed by atoms with van der Waals surface area (Å²) in [4.78, 5) is 29.1. The molecule has 2 amide bonds. The second kappa shape index (κ2) is 6.99. The second-order valence-electron chi connectivity index (χ2n) is 7.54. The molecule has 0 saturated carbocycles. The van der Waals surface area contributed by atoms with Crippen LogP contribution < -0.4 is 9.80 Å². The predicted molar refractivity (Wildman–Crippen MR) is 117 cm³/mol. The molecule has 6 heteroatoms. The summed E-state index contributed by atoms with van der Waals surface area (Å²) in [5, 5.41) is 0. The van der Waals surface area contributed by atoms with Crippen molar-refractivity contribution in [2.45, 2.75) is 18.3 Å². The number of halogens is 1. The molecule has 1 fully saturated rings. The molecule has 0 radical (unpaired) electrons. The summed E-state index contributed by atoms with van der Waals surface area (Å²) >= 11 is 1.35. The summed E-state index contributed by atoms with van der Waals surface area (Å²) in [5.74, 6) is -0.387. The smallest absolute Gasteiger partial charge is 0.269 e. The van der Waals surface area contributed by atoms with Crippen molar-refractivity contribution in [3.63, 3.8) is 0 Å². The molecule has 1 atom stereocenters. The molecular weight excluding hydrogens is 399 g/mol. The van der Waals surface area contributed by atoms with Gasteiger partial charge >= 0.3 is 0 Å². The zero-order valence-corrected chi connectivity index (χ0v) is 17.2. The molecule has 1 spiro atoms. The monoisotopic (exact) mass is 418 g/mol. The normalized spacial score (nSPS) is 20.3. The molecule has 3 aromatic rings. The highest BCUT2D eigenvalue weighted by molar-refractivity contribution is 8.02. The van der Waals surface area contributed by atoms with E-state index in [1.54, 1.807) is 21.9 Å². The van der Waals surface area contributed by atoms with Gasteiger partial charge in [0.15, 0.2) is 0 Å². The van der Waals surface area contributed by atoms with Gasteiger partial charge in [-0.05, 0) is 48.4 Å². The Bertz CT molecular complexity index is 1180. The van der Waals surface area contributed by atoms with E-state index in [-0.39, 0.29) is 29.9 Å². The summed E-state index contributed by atoms with van der Waals surface area (Å²) in [6.45, 7) is 2.20. The van der Waals surface area contributed by atoms with Crippen molar-refractivity contribution in [2.75, 3.05) is 15.6 Å². The van der Waals surface area contributed by atoms with Crippen molar-refractivity contribution in [1.82, 2.24) is 0 Å². The highest BCUT2D eigenvalue weighted by Crippen LogP contribution is 2.55. The van der Waals surface area contributed by atoms with Crippen LogP contribution in [0.3, 0.4) is 0 Å². The Morgan fingerprint density at radius 1 is 1.00 bits per heavy atom.